The Hall–Kier alpha value is -2.14. The number of aromatic nitrogens is 1. The number of likely N-dealkylation sites (tertiary alicyclic amines) is 1. The van der Waals surface area contributed by atoms with E-state index in [1.165, 1.54) is 12.8 Å². The van der Waals surface area contributed by atoms with E-state index in [2.05, 4.69) is 27.3 Å². The van der Waals surface area contributed by atoms with Crippen molar-refractivity contribution in [2.75, 3.05) is 19.6 Å². The lowest BCUT2D eigenvalue weighted by Gasteiger charge is -2.29. The van der Waals surface area contributed by atoms with E-state index in [1.54, 1.807) is 6.21 Å². The lowest BCUT2D eigenvalue weighted by molar-refractivity contribution is -0.121. The smallest absolute Gasteiger partial charge is 0.241 e. The van der Waals surface area contributed by atoms with Gasteiger partial charge < -0.3 is 9.88 Å². The summed E-state index contributed by atoms with van der Waals surface area (Å²) in [5.41, 5.74) is 4.67. The van der Waals surface area contributed by atoms with Gasteiger partial charge in [-0.15, -0.1) is 0 Å². The average Bonchev–Trinajstić information content (AvgIpc) is 2.98. The Bertz CT molecular complexity index is 683. The molecule has 5 heteroatoms. The molecule has 0 aliphatic carbocycles. The Labute approximate surface area is 136 Å². The number of hydrazone groups is 1. The van der Waals surface area contributed by atoms with E-state index in [0.29, 0.717) is 6.42 Å². The fraction of sp³-hybridized carbons (Fsp3) is 0.444. The van der Waals surface area contributed by atoms with E-state index in [9.17, 15) is 4.79 Å². The molecule has 1 aliphatic heterocycles. The molecule has 0 radical (unpaired) electrons. The van der Waals surface area contributed by atoms with Crippen LogP contribution in [0.15, 0.2) is 35.6 Å². The minimum absolute atomic E-state index is 0.0280. The van der Waals surface area contributed by atoms with Gasteiger partial charge in [0, 0.05) is 35.6 Å². The fourth-order valence-corrected chi connectivity index (χ4v) is 2.98. The second kappa shape index (κ2) is 7.42. The van der Waals surface area contributed by atoms with Gasteiger partial charge in [-0.2, -0.15) is 5.10 Å². The highest BCUT2D eigenvalue weighted by atomic mass is 16.2. The number of amides is 1. The molecule has 0 saturated carbocycles. The number of piperidine rings is 1. The first kappa shape index (κ1) is 15.7. The maximum absolute atomic E-state index is 11.9. The average molecular weight is 312 g/mol. The van der Waals surface area contributed by atoms with Crippen LogP contribution in [-0.4, -0.2) is 41.6 Å². The van der Waals surface area contributed by atoms with E-state index in [0.717, 1.165) is 42.0 Å². The van der Waals surface area contributed by atoms with Gasteiger partial charge >= 0.3 is 0 Å². The zero-order valence-electron chi connectivity index (χ0n) is 13.6. The van der Waals surface area contributed by atoms with Crippen LogP contribution in [0.25, 0.3) is 10.9 Å². The molecule has 0 unspecified atom stereocenters. The van der Waals surface area contributed by atoms with Gasteiger partial charge in [0.15, 0.2) is 0 Å². The van der Waals surface area contributed by atoms with Gasteiger partial charge in [0.05, 0.1) is 6.21 Å². The normalized spacial score (nSPS) is 17.1. The van der Waals surface area contributed by atoms with Crippen LogP contribution >= 0.6 is 0 Å². The summed E-state index contributed by atoms with van der Waals surface area (Å²) in [6.45, 7) is 5.32. The number of benzene rings is 1. The maximum atomic E-state index is 11.9. The monoisotopic (exact) mass is 312 g/mol. The first-order valence-corrected chi connectivity index (χ1v) is 8.33. The van der Waals surface area contributed by atoms with Crippen LogP contribution in [-0.2, 0) is 4.79 Å². The second-order valence-corrected chi connectivity index (χ2v) is 6.36. The molecule has 1 aromatic carbocycles. The van der Waals surface area contributed by atoms with Gasteiger partial charge in [0.1, 0.15) is 0 Å². The Morgan fingerprint density at radius 2 is 2.17 bits per heavy atom. The van der Waals surface area contributed by atoms with Crippen molar-refractivity contribution in [3.63, 3.8) is 0 Å². The Morgan fingerprint density at radius 1 is 1.39 bits per heavy atom. The van der Waals surface area contributed by atoms with E-state index < -0.39 is 0 Å². The summed E-state index contributed by atoms with van der Waals surface area (Å²) in [5.74, 6) is 0.792. The Balaban J connectivity index is 1.45. The molecule has 2 heterocycles. The van der Waals surface area contributed by atoms with Crippen molar-refractivity contribution in [3.05, 3.63) is 36.0 Å². The first-order chi connectivity index (χ1) is 11.2. The molecule has 2 aromatic rings. The van der Waals surface area contributed by atoms with Crippen molar-refractivity contribution in [3.8, 4) is 0 Å². The SMILES string of the molecule is CC1CCN(CCC(=O)N/N=C/c2c[nH]c3ccccc23)CC1. The summed E-state index contributed by atoms with van der Waals surface area (Å²) >= 11 is 0. The van der Waals surface area contributed by atoms with Crippen molar-refractivity contribution in [2.24, 2.45) is 11.0 Å². The summed E-state index contributed by atoms with van der Waals surface area (Å²) in [5, 5.41) is 5.18. The molecule has 0 spiro atoms. The zero-order valence-corrected chi connectivity index (χ0v) is 13.6. The number of para-hydroxylation sites is 1. The van der Waals surface area contributed by atoms with Gasteiger partial charge in [-0.3, -0.25) is 4.79 Å². The summed E-state index contributed by atoms with van der Waals surface area (Å²) < 4.78 is 0. The zero-order chi connectivity index (χ0) is 16.1. The standard InChI is InChI=1S/C18H24N4O/c1-14-6-9-22(10-7-14)11-8-18(23)21-20-13-15-12-19-17-5-3-2-4-16(15)17/h2-5,12-14,19H,6-11H2,1H3,(H,21,23)/b20-13+. The molecule has 5 nitrogen and oxygen atoms in total. The Morgan fingerprint density at radius 3 is 3.00 bits per heavy atom. The first-order valence-electron chi connectivity index (χ1n) is 8.33. The van der Waals surface area contributed by atoms with Gasteiger partial charge in [0.2, 0.25) is 5.91 Å². The number of rotatable bonds is 5. The number of nitrogens with zero attached hydrogens (tertiary/aromatic N) is 2. The summed E-state index contributed by atoms with van der Waals surface area (Å²) in [6.07, 6.45) is 6.56. The molecule has 3 rings (SSSR count). The number of aromatic amines is 1. The van der Waals surface area contributed by atoms with Crippen LogP contribution in [0, 0.1) is 5.92 Å². The van der Waals surface area contributed by atoms with E-state index in [-0.39, 0.29) is 5.91 Å². The van der Waals surface area contributed by atoms with Crippen molar-refractivity contribution >= 4 is 23.0 Å². The topological polar surface area (TPSA) is 60.5 Å². The van der Waals surface area contributed by atoms with Crippen molar-refractivity contribution < 1.29 is 4.79 Å². The molecule has 23 heavy (non-hydrogen) atoms. The lowest BCUT2D eigenvalue weighted by Crippen LogP contribution is -2.35. The number of fused-ring (bicyclic) bond motifs is 1. The van der Waals surface area contributed by atoms with Crippen LogP contribution < -0.4 is 5.43 Å². The highest BCUT2D eigenvalue weighted by molar-refractivity contribution is 5.99. The van der Waals surface area contributed by atoms with Crippen molar-refractivity contribution in [1.82, 2.24) is 15.3 Å². The van der Waals surface area contributed by atoms with Gasteiger partial charge in [-0.25, -0.2) is 5.43 Å². The van der Waals surface area contributed by atoms with Gasteiger partial charge in [-0.05, 0) is 37.9 Å². The predicted octanol–water partition coefficient (Wildman–Crippen LogP) is 2.74. The predicted molar refractivity (Wildman–Crippen MR) is 93.5 cm³/mol. The molecule has 1 fully saturated rings. The van der Waals surface area contributed by atoms with Gasteiger partial charge in [0.25, 0.3) is 0 Å². The number of hydrogen-bond acceptors (Lipinski definition) is 3. The number of nitrogens with one attached hydrogen (secondary N) is 2. The highest BCUT2D eigenvalue weighted by Gasteiger charge is 2.15. The van der Waals surface area contributed by atoms with Crippen molar-refractivity contribution in [2.45, 2.75) is 26.2 Å². The third kappa shape index (κ3) is 4.20. The minimum Gasteiger partial charge on any atom is -0.361 e. The molecule has 122 valence electrons. The molecular weight excluding hydrogens is 288 g/mol. The maximum Gasteiger partial charge on any atom is 0.241 e. The summed E-state index contributed by atoms with van der Waals surface area (Å²) in [4.78, 5) is 17.4. The number of carbonyl (C=O) groups is 1. The van der Waals surface area contributed by atoms with Crippen LogP contribution in [0.2, 0.25) is 0 Å². The summed E-state index contributed by atoms with van der Waals surface area (Å²) in [6, 6.07) is 8.03. The van der Waals surface area contributed by atoms with E-state index >= 15 is 0 Å². The van der Waals surface area contributed by atoms with Crippen LogP contribution in [0.3, 0.4) is 0 Å². The lowest BCUT2D eigenvalue weighted by atomic mass is 9.99. The van der Waals surface area contributed by atoms with Crippen LogP contribution in [0.5, 0.6) is 0 Å². The largest absolute Gasteiger partial charge is 0.361 e. The minimum atomic E-state index is -0.0280. The number of hydrogen-bond donors (Lipinski definition) is 2. The second-order valence-electron chi connectivity index (χ2n) is 6.36. The van der Waals surface area contributed by atoms with Crippen LogP contribution in [0.4, 0.5) is 0 Å². The molecular formula is C18H24N4O. The highest BCUT2D eigenvalue weighted by Crippen LogP contribution is 2.16. The summed E-state index contributed by atoms with van der Waals surface area (Å²) in [7, 11) is 0. The fourth-order valence-electron chi connectivity index (χ4n) is 2.98. The Kier molecular flexibility index (Phi) is 5.08. The van der Waals surface area contributed by atoms with Crippen molar-refractivity contribution in [1.29, 1.82) is 0 Å². The molecule has 1 aliphatic rings. The van der Waals surface area contributed by atoms with Gasteiger partial charge in [-0.1, -0.05) is 25.1 Å². The molecule has 1 saturated heterocycles. The number of carbonyl (C=O) groups excluding carboxylic acids is 1. The van der Waals surface area contributed by atoms with Crippen LogP contribution in [0.1, 0.15) is 31.7 Å². The quantitative estimate of drug-likeness (QED) is 0.659. The molecule has 1 aromatic heterocycles. The van der Waals surface area contributed by atoms with E-state index in [1.807, 2.05) is 30.5 Å². The molecule has 0 bridgehead atoms. The number of H-pyrrole nitrogens is 1. The third-order valence-corrected chi connectivity index (χ3v) is 4.55. The van der Waals surface area contributed by atoms with E-state index in [4.69, 9.17) is 0 Å². The molecule has 2 N–H and O–H groups in total. The third-order valence-electron chi connectivity index (χ3n) is 4.55. The molecule has 0 atom stereocenters. The molecule has 1 amide bonds.